The zero-order chi connectivity index (χ0) is 18.0. The first-order chi connectivity index (χ1) is 11.0. The van der Waals surface area contributed by atoms with Crippen LogP contribution in [-0.4, -0.2) is 0 Å². The number of rotatable bonds is 5. The van der Waals surface area contributed by atoms with Gasteiger partial charge in [-0.2, -0.15) is 0 Å². The number of para-hydroxylation sites is 1. The standard InChI is InChI=1S/C23H32O/c1-21(2,3)17-22(4,5)19-15-11-12-16-20(19)23(6,7)24-18-13-9-8-10-14-18/h8-16H,17H2,1-7H3. The van der Waals surface area contributed by atoms with Crippen molar-refractivity contribution in [1.29, 1.82) is 0 Å². The molecule has 0 spiro atoms. The van der Waals surface area contributed by atoms with E-state index in [9.17, 15) is 0 Å². The largest absolute Gasteiger partial charge is 0.483 e. The lowest BCUT2D eigenvalue weighted by molar-refractivity contribution is 0.105. The van der Waals surface area contributed by atoms with Crippen molar-refractivity contribution in [1.82, 2.24) is 0 Å². The topological polar surface area (TPSA) is 9.23 Å². The lowest BCUT2D eigenvalue weighted by atomic mass is 9.69. The first-order valence-electron chi connectivity index (χ1n) is 8.85. The SMILES string of the molecule is CC(C)(C)CC(C)(C)c1ccccc1C(C)(C)Oc1ccccc1. The Labute approximate surface area is 148 Å². The number of hydrogen-bond acceptors (Lipinski definition) is 1. The van der Waals surface area contributed by atoms with Gasteiger partial charge in [-0.05, 0) is 54.4 Å². The van der Waals surface area contributed by atoms with Gasteiger partial charge in [-0.15, -0.1) is 0 Å². The fourth-order valence-corrected chi connectivity index (χ4v) is 3.86. The van der Waals surface area contributed by atoms with Crippen LogP contribution in [0.15, 0.2) is 54.6 Å². The maximum absolute atomic E-state index is 6.35. The normalized spacial score (nSPS) is 13.0. The first-order valence-corrected chi connectivity index (χ1v) is 8.85. The van der Waals surface area contributed by atoms with Gasteiger partial charge >= 0.3 is 0 Å². The molecule has 0 bridgehead atoms. The molecule has 0 heterocycles. The fourth-order valence-electron chi connectivity index (χ4n) is 3.86. The van der Waals surface area contributed by atoms with Crippen LogP contribution in [0.25, 0.3) is 0 Å². The highest BCUT2D eigenvalue weighted by Crippen LogP contribution is 2.41. The molecule has 0 aliphatic carbocycles. The molecule has 0 amide bonds. The highest BCUT2D eigenvalue weighted by atomic mass is 16.5. The van der Waals surface area contributed by atoms with Crippen LogP contribution in [-0.2, 0) is 11.0 Å². The van der Waals surface area contributed by atoms with Gasteiger partial charge in [-0.3, -0.25) is 0 Å². The molecule has 1 nitrogen and oxygen atoms in total. The van der Waals surface area contributed by atoms with Crippen LogP contribution in [0, 0.1) is 5.41 Å². The van der Waals surface area contributed by atoms with Gasteiger partial charge in [0.2, 0.25) is 0 Å². The summed E-state index contributed by atoms with van der Waals surface area (Å²) in [4.78, 5) is 0. The zero-order valence-corrected chi connectivity index (χ0v) is 16.3. The van der Waals surface area contributed by atoms with Crippen LogP contribution in [0.5, 0.6) is 5.75 Å². The summed E-state index contributed by atoms with van der Waals surface area (Å²) in [6.07, 6.45) is 1.12. The number of ether oxygens (including phenoxy) is 1. The van der Waals surface area contributed by atoms with Gasteiger partial charge in [0.05, 0.1) is 0 Å². The highest BCUT2D eigenvalue weighted by Gasteiger charge is 2.34. The van der Waals surface area contributed by atoms with Crippen molar-refractivity contribution in [3.63, 3.8) is 0 Å². The molecule has 24 heavy (non-hydrogen) atoms. The monoisotopic (exact) mass is 324 g/mol. The zero-order valence-electron chi connectivity index (χ0n) is 16.3. The maximum Gasteiger partial charge on any atom is 0.129 e. The van der Waals surface area contributed by atoms with Crippen LogP contribution in [0.1, 0.15) is 66.0 Å². The molecule has 1 heteroatoms. The van der Waals surface area contributed by atoms with E-state index in [-0.39, 0.29) is 16.4 Å². The second kappa shape index (κ2) is 6.63. The van der Waals surface area contributed by atoms with Crippen LogP contribution in [0.2, 0.25) is 0 Å². The van der Waals surface area contributed by atoms with E-state index in [1.165, 1.54) is 11.1 Å². The summed E-state index contributed by atoms with van der Waals surface area (Å²) in [6, 6.07) is 18.8. The molecule has 0 aliphatic rings. The van der Waals surface area contributed by atoms with Crippen LogP contribution in [0.3, 0.4) is 0 Å². The Hall–Kier alpha value is -1.76. The van der Waals surface area contributed by atoms with E-state index in [4.69, 9.17) is 4.74 Å². The van der Waals surface area contributed by atoms with E-state index >= 15 is 0 Å². The van der Waals surface area contributed by atoms with Gasteiger partial charge in [0.15, 0.2) is 0 Å². The van der Waals surface area contributed by atoms with Crippen LogP contribution in [0.4, 0.5) is 0 Å². The molecule has 0 fully saturated rings. The molecule has 2 aromatic carbocycles. The number of benzene rings is 2. The molecule has 130 valence electrons. The molecule has 0 aromatic heterocycles. The van der Waals surface area contributed by atoms with Crippen molar-refractivity contribution in [3.8, 4) is 5.75 Å². The van der Waals surface area contributed by atoms with E-state index in [0.717, 1.165) is 12.2 Å². The summed E-state index contributed by atoms with van der Waals surface area (Å²) in [5, 5.41) is 0. The highest BCUT2D eigenvalue weighted by molar-refractivity contribution is 5.38. The van der Waals surface area contributed by atoms with Crippen molar-refractivity contribution in [3.05, 3.63) is 65.7 Å². The minimum Gasteiger partial charge on any atom is -0.483 e. The Kier molecular flexibility index (Phi) is 5.13. The predicted octanol–water partition coefficient (Wildman–Crippen LogP) is 6.71. The second-order valence-corrected chi connectivity index (χ2v) is 9.09. The maximum atomic E-state index is 6.35. The lowest BCUT2D eigenvalue weighted by Gasteiger charge is -2.38. The smallest absolute Gasteiger partial charge is 0.129 e. The van der Waals surface area contributed by atoms with Crippen molar-refractivity contribution in [2.45, 2.75) is 65.9 Å². The van der Waals surface area contributed by atoms with Crippen molar-refractivity contribution in [2.75, 3.05) is 0 Å². The van der Waals surface area contributed by atoms with E-state index < -0.39 is 0 Å². The molecular weight excluding hydrogens is 292 g/mol. The fraction of sp³-hybridized carbons (Fsp3) is 0.478. The lowest BCUT2D eigenvalue weighted by Crippen LogP contribution is -2.32. The van der Waals surface area contributed by atoms with Crippen molar-refractivity contribution in [2.24, 2.45) is 5.41 Å². The predicted molar refractivity (Wildman–Crippen MR) is 104 cm³/mol. The Morgan fingerprint density at radius 1 is 0.667 bits per heavy atom. The van der Waals surface area contributed by atoms with E-state index in [1.54, 1.807) is 0 Å². The van der Waals surface area contributed by atoms with Crippen molar-refractivity contribution >= 4 is 0 Å². The van der Waals surface area contributed by atoms with Gasteiger partial charge in [0, 0.05) is 0 Å². The summed E-state index contributed by atoms with van der Waals surface area (Å²) < 4.78 is 6.35. The molecule has 0 radical (unpaired) electrons. The molecule has 0 saturated heterocycles. The summed E-state index contributed by atoms with van der Waals surface area (Å²) >= 11 is 0. The minimum absolute atomic E-state index is 0.0894. The summed E-state index contributed by atoms with van der Waals surface area (Å²) in [5.74, 6) is 0.908. The summed E-state index contributed by atoms with van der Waals surface area (Å²) in [5.41, 5.74) is 2.63. The van der Waals surface area contributed by atoms with E-state index in [1.807, 2.05) is 30.3 Å². The minimum atomic E-state index is -0.382. The van der Waals surface area contributed by atoms with Gasteiger partial charge in [-0.1, -0.05) is 77.1 Å². The molecule has 0 unspecified atom stereocenters. The second-order valence-electron chi connectivity index (χ2n) is 9.09. The van der Waals surface area contributed by atoms with Gasteiger partial charge in [-0.25, -0.2) is 0 Å². The Morgan fingerprint density at radius 3 is 1.71 bits per heavy atom. The Morgan fingerprint density at radius 2 is 1.17 bits per heavy atom. The van der Waals surface area contributed by atoms with Gasteiger partial charge < -0.3 is 4.74 Å². The molecule has 0 atom stereocenters. The van der Waals surface area contributed by atoms with Gasteiger partial charge in [0.25, 0.3) is 0 Å². The Balaban J connectivity index is 2.40. The van der Waals surface area contributed by atoms with Gasteiger partial charge in [0.1, 0.15) is 11.4 Å². The van der Waals surface area contributed by atoms with Crippen molar-refractivity contribution < 1.29 is 4.74 Å². The molecular formula is C23H32O. The third-order valence-electron chi connectivity index (χ3n) is 4.39. The molecule has 2 aromatic rings. The molecule has 0 saturated carbocycles. The third kappa shape index (κ3) is 4.63. The summed E-state index contributed by atoms with van der Waals surface area (Å²) in [7, 11) is 0. The average molecular weight is 325 g/mol. The molecule has 0 aliphatic heterocycles. The van der Waals surface area contributed by atoms with E-state index in [0.29, 0.717) is 0 Å². The Bertz CT molecular complexity index is 660. The van der Waals surface area contributed by atoms with Crippen LogP contribution < -0.4 is 4.74 Å². The molecule has 0 N–H and O–H groups in total. The average Bonchev–Trinajstić information content (AvgIpc) is 2.45. The third-order valence-corrected chi connectivity index (χ3v) is 4.39. The number of hydrogen-bond donors (Lipinski definition) is 0. The first kappa shape index (κ1) is 18.6. The summed E-state index contributed by atoms with van der Waals surface area (Å²) in [6.45, 7) is 15.9. The van der Waals surface area contributed by atoms with Crippen LogP contribution >= 0.6 is 0 Å². The quantitative estimate of drug-likeness (QED) is 0.593. The van der Waals surface area contributed by atoms with E-state index in [2.05, 4.69) is 72.7 Å². The molecule has 2 rings (SSSR count).